The fraction of sp³-hybridized carbons (Fsp3) is 0.438. The summed E-state index contributed by atoms with van der Waals surface area (Å²) in [5.74, 6) is 1.89. The smallest absolute Gasteiger partial charge is 0.119 e. The van der Waals surface area contributed by atoms with E-state index in [1.165, 1.54) is 22.3 Å². The highest BCUT2D eigenvalue weighted by Crippen LogP contribution is 2.39. The van der Waals surface area contributed by atoms with E-state index in [0.29, 0.717) is 30.4 Å². The van der Waals surface area contributed by atoms with Crippen LogP contribution in [0.2, 0.25) is 0 Å². The molecule has 198 valence electrons. The Balaban J connectivity index is 1.41. The van der Waals surface area contributed by atoms with Crippen LogP contribution in [-0.4, -0.2) is 47.4 Å². The lowest BCUT2D eigenvalue weighted by Crippen LogP contribution is -2.39. The van der Waals surface area contributed by atoms with Gasteiger partial charge in [-0.2, -0.15) is 0 Å². The summed E-state index contributed by atoms with van der Waals surface area (Å²) in [5, 5.41) is 20.1. The molecule has 0 aliphatic heterocycles. The van der Waals surface area contributed by atoms with Gasteiger partial charge >= 0.3 is 0 Å². The first kappa shape index (κ1) is 26.9. The Hall–Kier alpha value is -3.18. The summed E-state index contributed by atoms with van der Waals surface area (Å²) in [5.41, 5.74) is 6.07. The van der Waals surface area contributed by atoms with Gasteiger partial charge < -0.3 is 19.8 Å². The first-order valence-electron chi connectivity index (χ1n) is 13.5. The summed E-state index contributed by atoms with van der Waals surface area (Å²) < 4.78 is 6.03. The van der Waals surface area contributed by atoms with Crippen molar-refractivity contribution in [3.8, 4) is 17.2 Å². The van der Waals surface area contributed by atoms with Gasteiger partial charge in [-0.25, -0.2) is 0 Å². The Labute approximate surface area is 222 Å². The molecule has 3 aromatic rings. The van der Waals surface area contributed by atoms with Crippen LogP contribution in [0.3, 0.4) is 0 Å². The van der Waals surface area contributed by atoms with Gasteiger partial charge in [0, 0.05) is 44.0 Å². The summed E-state index contributed by atoms with van der Waals surface area (Å²) in [6.07, 6.45) is 2.92. The fourth-order valence-corrected chi connectivity index (χ4v) is 5.65. The largest absolute Gasteiger partial charge is 0.508 e. The van der Waals surface area contributed by atoms with Gasteiger partial charge in [-0.1, -0.05) is 24.3 Å². The predicted octanol–water partition coefficient (Wildman–Crippen LogP) is 6.50. The highest BCUT2D eigenvalue weighted by molar-refractivity contribution is 5.59. The van der Waals surface area contributed by atoms with E-state index < -0.39 is 0 Å². The molecule has 3 aromatic carbocycles. The van der Waals surface area contributed by atoms with Crippen molar-refractivity contribution in [3.63, 3.8) is 0 Å². The molecule has 0 saturated heterocycles. The van der Waals surface area contributed by atoms with Crippen LogP contribution >= 0.6 is 0 Å². The Bertz CT molecular complexity index is 1170. The van der Waals surface area contributed by atoms with Crippen LogP contribution < -0.4 is 9.64 Å². The fourth-order valence-electron chi connectivity index (χ4n) is 5.65. The molecular weight excluding hydrogens is 460 g/mol. The monoisotopic (exact) mass is 502 g/mol. The van der Waals surface area contributed by atoms with Crippen molar-refractivity contribution >= 4 is 5.69 Å². The number of ether oxygens (including phenoxy) is 1. The molecule has 0 heterocycles. The number of hydrogen-bond acceptors (Lipinski definition) is 5. The molecule has 1 aliphatic rings. The van der Waals surface area contributed by atoms with Crippen LogP contribution in [0, 0.1) is 0 Å². The highest BCUT2D eigenvalue weighted by Gasteiger charge is 2.24. The standard InChI is InChI=1S/C32H42N2O3/c1-22(2)34(23(3)4)16-17-37-30-13-6-24(7-14-30)21-33(5)32-20-29(36)12-15-31(32)27-9-8-26-19-28(35)11-10-25(26)18-27/h6-7,10-15,19-20,22-23,27,35-36H,8-9,16-18,21H2,1-5H3. The molecular formula is C32H42N2O3. The van der Waals surface area contributed by atoms with E-state index in [9.17, 15) is 10.2 Å². The number of aryl methyl sites for hydroxylation is 1. The molecule has 0 aromatic heterocycles. The second kappa shape index (κ2) is 11.9. The normalized spacial score (nSPS) is 15.3. The van der Waals surface area contributed by atoms with Crippen molar-refractivity contribution < 1.29 is 14.9 Å². The number of aromatic hydroxyl groups is 2. The number of hydrogen-bond donors (Lipinski definition) is 2. The first-order chi connectivity index (χ1) is 17.7. The first-order valence-corrected chi connectivity index (χ1v) is 13.5. The van der Waals surface area contributed by atoms with Crippen LogP contribution in [-0.2, 0) is 19.4 Å². The average Bonchev–Trinajstić information content (AvgIpc) is 2.86. The lowest BCUT2D eigenvalue weighted by Gasteiger charge is -2.30. The van der Waals surface area contributed by atoms with Crippen LogP contribution in [0.4, 0.5) is 5.69 Å². The van der Waals surface area contributed by atoms with E-state index >= 15 is 0 Å². The molecule has 1 atom stereocenters. The number of nitrogens with zero attached hydrogens (tertiary/aromatic N) is 2. The van der Waals surface area contributed by atoms with Crippen molar-refractivity contribution in [2.24, 2.45) is 0 Å². The summed E-state index contributed by atoms with van der Waals surface area (Å²) in [6, 6.07) is 20.8. The van der Waals surface area contributed by atoms with Gasteiger partial charge in [-0.05, 0) is 105 Å². The number of anilines is 1. The lowest BCUT2D eigenvalue weighted by molar-refractivity contribution is 0.142. The molecule has 0 spiro atoms. The SMILES string of the molecule is CC(C)N(CCOc1ccc(CN(C)c2cc(O)ccc2C2CCc3cc(O)ccc3C2)cc1)C(C)C. The minimum absolute atomic E-state index is 0.285. The van der Waals surface area contributed by atoms with E-state index in [1.807, 2.05) is 18.2 Å². The molecule has 0 bridgehead atoms. The van der Waals surface area contributed by atoms with E-state index in [-0.39, 0.29) is 5.75 Å². The summed E-state index contributed by atoms with van der Waals surface area (Å²) in [6.45, 7) is 11.2. The van der Waals surface area contributed by atoms with E-state index in [1.54, 1.807) is 12.1 Å². The number of rotatable bonds is 10. The van der Waals surface area contributed by atoms with Crippen LogP contribution in [0.1, 0.15) is 62.3 Å². The van der Waals surface area contributed by atoms with Gasteiger partial charge in [0.2, 0.25) is 0 Å². The van der Waals surface area contributed by atoms with Crippen molar-refractivity contribution in [2.45, 2.75) is 71.5 Å². The molecule has 0 amide bonds. The minimum Gasteiger partial charge on any atom is -0.508 e. The molecule has 4 rings (SSSR count). The second-order valence-corrected chi connectivity index (χ2v) is 10.9. The third-order valence-corrected chi connectivity index (χ3v) is 7.57. The van der Waals surface area contributed by atoms with Crippen molar-refractivity contribution in [3.05, 3.63) is 82.9 Å². The third kappa shape index (κ3) is 6.78. The highest BCUT2D eigenvalue weighted by atomic mass is 16.5. The molecule has 2 N–H and O–H groups in total. The number of benzene rings is 3. The number of phenols is 2. The summed E-state index contributed by atoms with van der Waals surface area (Å²) in [7, 11) is 2.09. The zero-order valence-electron chi connectivity index (χ0n) is 22.9. The second-order valence-electron chi connectivity index (χ2n) is 10.9. The van der Waals surface area contributed by atoms with Gasteiger partial charge in [0.05, 0.1) is 0 Å². The molecule has 37 heavy (non-hydrogen) atoms. The molecule has 5 heteroatoms. The third-order valence-electron chi connectivity index (χ3n) is 7.57. The van der Waals surface area contributed by atoms with Crippen LogP contribution in [0.5, 0.6) is 17.2 Å². The summed E-state index contributed by atoms with van der Waals surface area (Å²) in [4.78, 5) is 4.66. The Morgan fingerprint density at radius 1 is 0.865 bits per heavy atom. The Kier molecular flexibility index (Phi) is 8.65. The van der Waals surface area contributed by atoms with E-state index in [4.69, 9.17) is 4.74 Å². The average molecular weight is 503 g/mol. The molecule has 0 fully saturated rings. The van der Waals surface area contributed by atoms with Gasteiger partial charge in [-0.15, -0.1) is 0 Å². The van der Waals surface area contributed by atoms with E-state index in [0.717, 1.165) is 43.8 Å². The van der Waals surface area contributed by atoms with Gasteiger partial charge in [0.15, 0.2) is 0 Å². The topological polar surface area (TPSA) is 56.2 Å². The molecule has 0 radical (unpaired) electrons. The van der Waals surface area contributed by atoms with Gasteiger partial charge in [0.1, 0.15) is 23.9 Å². The maximum atomic E-state index is 10.3. The molecule has 5 nitrogen and oxygen atoms in total. The molecule has 1 unspecified atom stereocenters. The predicted molar refractivity (Wildman–Crippen MR) is 152 cm³/mol. The zero-order chi connectivity index (χ0) is 26.5. The lowest BCUT2D eigenvalue weighted by atomic mass is 9.79. The van der Waals surface area contributed by atoms with Crippen LogP contribution in [0.15, 0.2) is 60.7 Å². The number of fused-ring (bicyclic) bond motifs is 1. The van der Waals surface area contributed by atoms with Crippen molar-refractivity contribution in [1.29, 1.82) is 0 Å². The Morgan fingerprint density at radius 3 is 2.24 bits per heavy atom. The molecule has 0 saturated carbocycles. The maximum absolute atomic E-state index is 10.3. The van der Waals surface area contributed by atoms with Gasteiger partial charge in [0.25, 0.3) is 0 Å². The van der Waals surface area contributed by atoms with Crippen molar-refractivity contribution in [1.82, 2.24) is 4.90 Å². The Morgan fingerprint density at radius 2 is 1.54 bits per heavy atom. The maximum Gasteiger partial charge on any atom is 0.119 e. The van der Waals surface area contributed by atoms with Crippen LogP contribution in [0.25, 0.3) is 0 Å². The summed E-state index contributed by atoms with van der Waals surface area (Å²) >= 11 is 0. The number of phenolic OH excluding ortho intramolecular Hbond substituents is 2. The molecule has 1 aliphatic carbocycles. The van der Waals surface area contributed by atoms with E-state index in [2.05, 4.69) is 74.9 Å². The van der Waals surface area contributed by atoms with Gasteiger partial charge in [-0.3, -0.25) is 4.90 Å². The zero-order valence-corrected chi connectivity index (χ0v) is 22.9. The van der Waals surface area contributed by atoms with Crippen molar-refractivity contribution in [2.75, 3.05) is 25.1 Å². The minimum atomic E-state index is 0.285. The quantitative estimate of drug-likeness (QED) is 0.331.